The number of imidazole rings is 1. The summed E-state index contributed by atoms with van der Waals surface area (Å²) in [5.41, 5.74) is 9.45. The van der Waals surface area contributed by atoms with Crippen LogP contribution < -0.4 is 10.5 Å². The molecule has 1 aromatic carbocycles. The second-order valence-electron chi connectivity index (χ2n) is 5.04. The smallest absolute Gasteiger partial charge is 0.177 e. The molecule has 2 N–H and O–H groups in total. The van der Waals surface area contributed by atoms with Crippen LogP contribution in [0.15, 0.2) is 29.0 Å². The fourth-order valence-corrected chi connectivity index (χ4v) is 3.21. The Kier molecular flexibility index (Phi) is 3.81. The number of nitrogens with two attached hydrogens (primary N) is 1. The Balaban J connectivity index is 1.98. The average Bonchev–Trinajstić information content (AvgIpc) is 2.77. The Bertz CT molecular complexity index is 606. The van der Waals surface area contributed by atoms with E-state index in [-0.39, 0.29) is 6.04 Å². The van der Waals surface area contributed by atoms with E-state index in [2.05, 4.69) is 37.6 Å². The summed E-state index contributed by atoms with van der Waals surface area (Å²) in [6.07, 6.45) is 1.88. The van der Waals surface area contributed by atoms with Gasteiger partial charge >= 0.3 is 0 Å². The number of rotatable bonds is 3. The average molecular weight is 336 g/mol. The van der Waals surface area contributed by atoms with Gasteiger partial charge in [0.1, 0.15) is 5.75 Å². The normalized spacial score (nSPS) is 17.9. The molecule has 1 atom stereocenters. The minimum absolute atomic E-state index is 0.229. The lowest BCUT2D eigenvalue weighted by molar-refractivity contribution is 0.340. The number of hydrogen-bond acceptors (Lipinski definition) is 3. The van der Waals surface area contributed by atoms with E-state index in [0.717, 1.165) is 41.1 Å². The maximum Gasteiger partial charge on any atom is 0.177 e. The van der Waals surface area contributed by atoms with Crippen molar-refractivity contribution in [3.05, 3.63) is 34.7 Å². The molecule has 1 aliphatic heterocycles. The molecule has 4 nitrogen and oxygen atoms in total. The summed E-state index contributed by atoms with van der Waals surface area (Å²) in [6.45, 7) is 3.60. The van der Waals surface area contributed by atoms with Gasteiger partial charge in [0.25, 0.3) is 0 Å². The lowest BCUT2D eigenvalue weighted by atomic mass is 10.0. The van der Waals surface area contributed by atoms with Crippen molar-refractivity contribution in [2.75, 3.05) is 6.61 Å². The van der Waals surface area contributed by atoms with Crippen molar-refractivity contribution in [1.82, 2.24) is 9.55 Å². The topological polar surface area (TPSA) is 53.1 Å². The minimum Gasteiger partial charge on any atom is -0.494 e. The first-order chi connectivity index (χ1) is 9.69. The number of halogens is 1. The van der Waals surface area contributed by atoms with Crippen molar-refractivity contribution in [1.29, 1.82) is 0 Å². The molecule has 5 heteroatoms. The second kappa shape index (κ2) is 5.58. The maximum atomic E-state index is 6.09. The quantitative estimate of drug-likeness (QED) is 0.938. The fraction of sp³-hybridized carbons (Fsp3) is 0.400. The lowest BCUT2D eigenvalue weighted by Crippen LogP contribution is -2.30. The number of aromatic nitrogens is 2. The van der Waals surface area contributed by atoms with Crippen molar-refractivity contribution in [2.45, 2.75) is 32.4 Å². The van der Waals surface area contributed by atoms with E-state index in [1.54, 1.807) is 0 Å². The second-order valence-corrected chi connectivity index (χ2v) is 5.75. The van der Waals surface area contributed by atoms with Crippen LogP contribution >= 0.6 is 15.9 Å². The molecular formula is C15H18BrN3O. The number of hydrogen-bond donors (Lipinski definition) is 1. The van der Waals surface area contributed by atoms with Gasteiger partial charge in [-0.3, -0.25) is 0 Å². The Hall–Kier alpha value is -1.33. The van der Waals surface area contributed by atoms with E-state index in [0.29, 0.717) is 6.61 Å². The van der Waals surface area contributed by atoms with E-state index in [1.807, 2.05) is 19.1 Å². The molecule has 2 aromatic rings. The van der Waals surface area contributed by atoms with Crippen LogP contribution in [0, 0.1) is 0 Å². The van der Waals surface area contributed by atoms with Crippen molar-refractivity contribution in [2.24, 2.45) is 5.73 Å². The summed E-state index contributed by atoms with van der Waals surface area (Å²) in [6, 6.07) is 8.32. The Morgan fingerprint density at radius 2 is 2.15 bits per heavy atom. The Labute approximate surface area is 127 Å². The van der Waals surface area contributed by atoms with Gasteiger partial charge in [-0.25, -0.2) is 4.98 Å². The molecule has 3 rings (SSSR count). The third-order valence-electron chi connectivity index (χ3n) is 3.64. The zero-order valence-corrected chi connectivity index (χ0v) is 13.1. The van der Waals surface area contributed by atoms with Crippen molar-refractivity contribution < 1.29 is 4.74 Å². The maximum absolute atomic E-state index is 6.09. The third-order valence-corrected chi connectivity index (χ3v) is 4.25. The highest BCUT2D eigenvalue weighted by atomic mass is 79.9. The zero-order valence-electron chi connectivity index (χ0n) is 11.5. The molecule has 0 amide bonds. The van der Waals surface area contributed by atoms with Gasteiger partial charge in [0, 0.05) is 30.3 Å². The summed E-state index contributed by atoms with van der Waals surface area (Å²) < 4.78 is 8.59. The summed E-state index contributed by atoms with van der Waals surface area (Å²) in [4.78, 5) is 4.66. The van der Waals surface area contributed by atoms with Crippen LogP contribution in [0.25, 0.3) is 11.3 Å². The molecule has 0 spiro atoms. The van der Waals surface area contributed by atoms with Crippen LogP contribution in [0.5, 0.6) is 5.75 Å². The molecule has 1 aliphatic rings. The highest BCUT2D eigenvalue weighted by molar-refractivity contribution is 9.10. The predicted octanol–water partition coefficient (Wildman–Crippen LogP) is 2.98. The van der Waals surface area contributed by atoms with Gasteiger partial charge in [0.15, 0.2) is 4.73 Å². The van der Waals surface area contributed by atoms with Gasteiger partial charge in [-0.1, -0.05) is 0 Å². The first-order valence-electron chi connectivity index (χ1n) is 6.92. The molecule has 0 saturated carbocycles. The van der Waals surface area contributed by atoms with Crippen LogP contribution in [0.1, 0.15) is 19.0 Å². The molecule has 0 fully saturated rings. The summed E-state index contributed by atoms with van der Waals surface area (Å²) in [7, 11) is 0. The molecule has 20 heavy (non-hydrogen) atoms. The minimum atomic E-state index is 0.229. The van der Waals surface area contributed by atoms with Gasteiger partial charge in [-0.2, -0.15) is 0 Å². The first kappa shape index (κ1) is 13.6. The van der Waals surface area contributed by atoms with E-state index >= 15 is 0 Å². The molecule has 0 saturated heterocycles. The van der Waals surface area contributed by atoms with E-state index in [9.17, 15) is 0 Å². The van der Waals surface area contributed by atoms with Crippen LogP contribution in [0.4, 0.5) is 0 Å². The van der Waals surface area contributed by atoms with Gasteiger partial charge in [0.05, 0.1) is 12.3 Å². The van der Waals surface area contributed by atoms with Crippen LogP contribution in [0.2, 0.25) is 0 Å². The van der Waals surface area contributed by atoms with Gasteiger partial charge in [-0.05, 0) is 53.5 Å². The monoisotopic (exact) mass is 335 g/mol. The third kappa shape index (κ3) is 2.47. The highest BCUT2D eigenvalue weighted by Crippen LogP contribution is 2.31. The fourth-order valence-electron chi connectivity index (χ4n) is 2.64. The lowest BCUT2D eigenvalue weighted by Gasteiger charge is -2.21. The number of fused-ring (bicyclic) bond motifs is 1. The van der Waals surface area contributed by atoms with Crippen LogP contribution in [0.3, 0.4) is 0 Å². The molecule has 0 bridgehead atoms. The van der Waals surface area contributed by atoms with Gasteiger partial charge in [-0.15, -0.1) is 0 Å². The number of ether oxygens (including phenoxy) is 1. The molecular weight excluding hydrogens is 318 g/mol. The molecule has 106 valence electrons. The molecule has 0 radical (unpaired) electrons. The summed E-state index contributed by atoms with van der Waals surface area (Å²) in [5, 5.41) is 0. The number of nitrogens with zero attached hydrogens (tertiary/aromatic N) is 2. The molecule has 1 unspecified atom stereocenters. The summed E-state index contributed by atoms with van der Waals surface area (Å²) >= 11 is 3.55. The standard InChI is InChI=1S/C15H18BrN3O/c1-2-20-12-5-3-10(4-6-12)14-13-9-11(17)7-8-19(13)15(16)18-14/h3-6,11H,2,7-9,17H2,1H3. The van der Waals surface area contributed by atoms with Gasteiger partial charge in [0.2, 0.25) is 0 Å². The number of benzene rings is 1. The molecule has 2 heterocycles. The van der Waals surface area contributed by atoms with E-state index < -0.39 is 0 Å². The van der Waals surface area contributed by atoms with Crippen molar-refractivity contribution >= 4 is 15.9 Å². The Morgan fingerprint density at radius 1 is 1.40 bits per heavy atom. The zero-order chi connectivity index (χ0) is 14.1. The van der Waals surface area contributed by atoms with Gasteiger partial charge < -0.3 is 15.0 Å². The van der Waals surface area contributed by atoms with Crippen molar-refractivity contribution in [3.8, 4) is 17.0 Å². The van der Waals surface area contributed by atoms with Crippen LogP contribution in [-0.2, 0) is 13.0 Å². The first-order valence-corrected chi connectivity index (χ1v) is 7.72. The predicted molar refractivity (Wildman–Crippen MR) is 82.8 cm³/mol. The SMILES string of the molecule is CCOc1ccc(-c2nc(Br)n3c2CC(N)CC3)cc1. The van der Waals surface area contributed by atoms with Crippen molar-refractivity contribution in [3.63, 3.8) is 0 Å². The van der Waals surface area contributed by atoms with E-state index in [4.69, 9.17) is 10.5 Å². The largest absolute Gasteiger partial charge is 0.494 e. The van der Waals surface area contributed by atoms with Crippen LogP contribution in [-0.4, -0.2) is 22.2 Å². The molecule has 0 aliphatic carbocycles. The molecule has 1 aromatic heterocycles. The van der Waals surface area contributed by atoms with E-state index in [1.165, 1.54) is 5.69 Å². The highest BCUT2D eigenvalue weighted by Gasteiger charge is 2.23. The Morgan fingerprint density at radius 3 is 2.85 bits per heavy atom. The summed E-state index contributed by atoms with van der Waals surface area (Å²) in [5.74, 6) is 0.889.